The molecule has 33 heavy (non-hydrogen) atoms. The maximum Gasteiger partial charge on any atom is 0.252 e. The lowest BCUT2D eigenvalue weighted by Crippen LogP contribution is -2.27. The van der Waals surface area contributed by atoms with Gasteiger partial charge in [0.1, 0.15) is 0 Å². The van der Waals surface area contributed by atoms with Crippen LogP contribution >= 0.6 is 0 Å². The van der Waals surface area contributed by atoms with Crippen molar-refractivity contribution in [2.24, 2.45) is 0 Å². The fourth-order valence-corrected chi connectivity index (χ4v) is 3.88. The number of hydrogen-bond acceptors (Lipinski definition) is 4. The Hall–Kier alpha value is -3.48. The van der Waals surface area contributed by atoms with E-state index in [2.05, 4.69) is 45.0 Å². The molecule has 0 atom stereocenters. The molecule has 0 spiro atoms. The minimum absolute atomic E-state index is 0.101. The van der Waals surface area contributed by atoms with E-state index in [1.54, 1.807) is 0 Å². The number of carbonyl (C=O) groups excluding carboxylic acids is 1. The Bertz CT molecular complexity index is 1280. The van der Waals surface area contributed by atoms with Crippen LogP contribution in [-0.2, 0) is 12.0 Å². The molecule has 0 unspecified atom stereocenters. The molecule has 0 aliphatic heterocycles. The van der Waals surface area contributed by atoms with Crippen molar-refractivity contribution in [1.82, 2.24) is 29.9 Å². The summed E-state index contributed by atoms with van der Waals surface area (Å²) in [5.41, 5.74) is 4.96. The highest BCUT2D eigenvalue weighted by atomic mass is 16.1. The summed E-state index contributed by atoms with van der Waals surface area (Å²) in [5, 5.41) is 13.1. The van der Waals surface area contributed by atoms with Gasteiger partial charge in [-0.3, -0.25) is 4.79 Å². The van der Waals surface area contributed by atoms with Crippen LogP contribution in [0.1, 0.15) is 67.8 Å². The van der Waals surface area contributed by atoms with Gasteiger partial charge in [-0.2, -0.15) is 10.2 Å². The van der Waals surface area contributed by atoms with Crippen molar-refractivity contribution in [3.63, 3.8) is 0 Å². The van der Waals surface area contributed by atoms with Crippen LogP contribution in [0.4, 0.5) is 0 Å². The third kappa shape index (κ3) is 4.67. The van der Waals surface area contributed by atoms with Crippen LogP contribution in [0, 0.1) is 6.92 Å². The standard InChI is InChI=1S/C26H32N6O/c1-17(2)22-14-21(23-18(3)30-32(24(23)29-22)26(4,5)6)25(33)27-13-12-19-15-28-31(16-19)20-10-8-7-9-11-20/h7-11,14-17H,12-13H2,1-6H3,(H,27,33). The third-order valence-electron chi connectivity index (χ3n) is 5.66. The minimum Gasteiger partial charge on any atom is -0.352 e. The van der Waals surface area contributed by atoms with Crippen molar-refractivity contribution >= 4 is 16.9 Å². The second-order valence-electron chi connectivity index (χ2n) is 9.75. The van der Waals surface area contributed by atoms with Crippen molar-refractivity contribution in [3.05, 3.63) is 71.3 Å². The zero-order chi connectivity index (χ0) is 23.8. The van der Waals surface area contributed by atoms with Gasteiger partial charge < -0.3 is 5.32 Å². The molecular weight excluding hydrogens is 412 g/mol. The first-order chi connectivity index (χ1) is 15.6. The van der Waals surface area contributed by atoms with Crippen molar-refractivity contribution in [3.8, 4) is 5.69 Å². The second-order valence-corrected chi connectivity index (χ2v) is 9.75. The summed E-state index contributed by atoms with van der Waals surface area (Å²) in [6, 6.07) is 11.9. The van der Waals surface area contributed by atoms with Crippen LogP contribution in [0.2, 0.25) is 0 Å². The SMILES string of the molecule is Cc1nn(C(C)(C)C)c2nc(C(C)C)cc(C(=O)NCCc3cnn(-c4ccccc4)c3)c12. The Morgan fingerprint density at radius 1 is 1.15 bits per heavy atom. The third-order valence-corrected chi connectivity index (χ3v) is 5.66. The van der Waals surface area contributed by atoms with Crippen LogP contribution in [0.15, 0.2) is 48.8 Å². The maximum absolute atomic E-state index is 13.3. The summed E-state index contributed by atoms with van der Waals surface area (Å²) in [5.74, 6) is 0.102. The number of carbonyl (C=O) groups is 1. The van der Waals surface area contributed by atoms with Gasteiger partial charge in [0.25, 0.3) is 5.91 Å². The fraction of sp³-hybridized carbons (Fsp3) is 0.385. The summed E-state index contributed by atoms with van der Waals surface area (Å²) in [7, 11) is 0. The number of rotatable bonds is 6. The molecule has 3 aromatic heterocycles. The number of amides is 1. The van der Waals surface area contributed by atoms with Gasteiger partial charge in [0.2, 0.25) is 0 Å². The molecule has 4 aromatic rings. The molecule has 0 bridgehead atoms. The number of aromatic nitrogens is 5. The van der Waals surface area contributed by atoms with Crippen LogP contribution < -0.4 is 5.32 Å². The predicted molar refractivity (Wildman–Crippen MR) is 131 cm³/mol. The molecular formula is C26H32N6O. The molecule has 0 radical (unpaired) electrons. The van der Waals surface area contributed by atoms with Crippen LogP contribution in [0.25, 0.3) is 16.7 Å². The topological polar surface area (TPSA) is 77.6 Å². The monoisotopic (exact) mass is 444 g/mol. The number of nitrogens with zero attached hydrogens (tertiary/aromatic N) is 5. The molecule has 1 amide bonds. The molecule has 4 rings (SSSR count). The van der Waals surface area contributed by atoms with Crippen molar-refractivity contribution in [1.29, 1.82) is 0 Å². The van der Waals surface area contributed by atoms with Crippen LogP contribution in [0.5, 0.6) is 0 Å². The van der Waals surface area contributed by atoms with Gasteiger partial charge in [-0.25, -0.2) is 14.3 Å². The first-order valence-electron chi connectivity index (χ1n) is 11.4. The molecule has 0 saturated carbocycles. The number of para-hydroxylation sites is 1. The van der Waals surface area contributed by atoms with Gasteiger partial charge in [0.05, 0.1) is 34.1 Å². The first kappa shape index (κ1) is 22.7. The summed E-state index contributed by atoms with van der Waals surface area (Å²) in [4.78, 5) is 18.1. The van der Waals surface area contributed by atoms with Gasteiger partial charge in [-0.15, -0.1) is 0 Å². The minimum atomic E-state index is -0.234. The second kappa shape index (κ2) is 8.81. The lowest BCUT2D eigenvalue weighted by atomic mass is 10.0. The van der Waals surface area contributed by atoms with E-state index in [0.717, 1.165) is 33.7 Å². The smallest absolute Gasteiger partial charge is 0.252 e. The summed E-state index contributed by atoms with van der Waals surface area (Å²) >= 11 is 0. The van der Waals surface area contributed by atoms with Crippen LogP contribution in [0.3, 0.4) is 0 Å². The van der Waals surface area contributed by atoms with Gasteiger partial charge in [0.15, 0.2) is 5.65 Å². The number of benzene rings is 1. The van der Waals surface area contributed by atoms with E-state index in [4.69, 9.17) is 10.1 Å². The normalized spacial score (nSPS) is 12.0. The summed E-state index contributed by atoms with van der Waals surface area (Å²) in [6.45, 7) is 12.9. The predicted octanol–water partition coefficient (Wildman–Crippen LogP) is 4.78. The number of nitrogens with one attached hydrogen (secondary N) is 1. The molecule has 7 nitrogen and oxygen atoms in total. The molecule has 0 aliphatic rings. The molecule has 0 saturated heterocycles. The van der Waals surface area contributed by atoms with E-state index in [-0.39, 0.29) is 17.4 Å². The lowest BCUT2D eigenvalue weighted by molar-refractivity contribution is 0.0955. The average Bonchev–Trinajstić information content (AvgIpc) is 3.38. The largest absolute Gasteiger partial charge is 0.352 e. The quantitative estimate of drug-likeness (QED) is 0.464. The van der Waals surface area contributed by atoms with E-state index in [1.165, 1.54) is 0 Å². The molecule has 172 valence electrons. The van der Waals surface area contributed by atoms with E-state index < -0.39 is 0 Å². The number of fused-ring (bicyclic) bond motifs is 1. The molecule has 1 aromatic carbocycles. The fourth-order valence-electron chi connectivity index (χ4n) is 3.88. The average molecular weight is 445 g/mol. The van der Waals surface area contributed by atoms with E-state index in [9.17, 15) is 4.79 Å². The number of pyridine rings is 1. The first-order valence-corrected chi connectivity index (χ1v) is 11.4. The van der Waals surface area contributed by atoms with E-state index in [1.807, 2.05) is 65.1 Å². The Balaban J connectivity index is 1.56. The van der Waals surface area contributed by atoms with Gasteiger partial charge >= 0.3 is 0 Å². The number of aryl methyl sites for hydroxylation is 1. The molecule has 1 N–H and O–H groups in total. The Labute approximate surface area is 194 Å². The highest BCUT2D eigenvalue weighted by Gasteiger charge is 2.25. The molecule has 0 aliphatic carbocycles. The summed E-state index contributed by atoms with van der Waals surface area (Å²) in [6.07, 6.45) is 4.54. The van der Waals surface area contributed by atoms with Gasteiger partial charge in [0, 0.05) is 18.4 Å². The lowest BCUT2D eigenvalue weighted by Gasteiger charge is -2.20. The highest BCUT2D eigenvalue weighted by molar-refractivity contribution is 6.06. The van der Waals surface area contributed by atoms with Crippen molar-refractivity contribution in [2.75, 3.05) is 6.54 Å². The maximum atomic E-state index is 13.3. The van der Waals surface area contributed by atoms with Crippen LogP contribution in [-0.4, -0.2) is 37.0 Å². The van der Waals surface area contributed by atoms with Gasteiger partial charge in [-0.05, 0) is 63.8 Å². The van der Waals surface area contributed by atoms with Crippen molar-refractivity contribution < 1.29 is 4.79 Å². The Morgan fingerprint density at radius 2 is 1.88 bits per heavy atom. The molecule has 7 heteroatoms. The van der Waals surface area contributed by atoms with Crippen molar-refractivity contribution in [2.45, 2.75) is 59.4 Å². The zero-order valence-electron chi connectivity index (χ0n) is 20.3. The molecule has 3 heterocycles. The Kier molecular flexibility index (Phi) is 6.06. The zero-order valence-corrected chi connectivity index (χ0v) is 20.3. The Morgan fingerprint density at radius 3 is 2.55 bits per heavy atom. The van der Waals surface area contributed by atoms with E-state index in [0.29, 0.717) is 18.5 Å². The highest BCUT2D eigenvalue weighted by Crippen LogP contribution is 2.28. The van der Waals surface area contributed by atoms with E-state index >= 15 is 0 Å². The van der Waals surface area contributed by atoms with Gasteiger partial charge in [-0.1, -0.05) is 32.0 Å². The summed E-state index contributed by atoms with van der Waals surface area (Å²) < 4.78 is 3.78. The number of hydrogen-bond donors (Lipinski definition) is 1. The molecule has 0 fully saturated rings.